The lowest BCUT2D eigenvalue weighted by Gasteiger charge is -2.37. The van der Waals surface area contributed by atoms with Crippen molar-refractivity contribution in [3.63, 3.8) is 0 Å². The molecule has 2 rings (SSSR count). The molecule has 0 bridgehead atoms. The van der Waals surface area contributed by atoms with Gasteiger partial charge in [0.1, 0.15) is 5.60 Å². The number of hydrogen-bond donors (Lipinski definition) is 2. The number of aliphatic hydroxyl groups is 1. The van der Waals surface area contributed by atoms with E-state index in [1.807, 2.05) is 6.92 Å². The van der Waals surface area contributed by atoms with Gasteiger partial charge < -0.3 is 10.4 Å². The van der Waals surface area contributed by atoms with Crippen LogP contribution < -0.4 is 5.32 Å². The Morgan fingerprint density at radius 1 is 0.955 bits per heavy atom. The van der Waals surface area contributed by atoms with Crippen molar-refractivity contribution in [2.24, 2.45) is 0 Å². The van der Waals surface area contributed by atoms with Crippen LogP contribution in [-0.2, 0) is 16.4 Å². The van der Waals surface area contributed by atoms with Crippen LogP contribution in [0.2, 0.25) is 0 Å². The predicted octanol–water partition coefficient (Wildman–Crippen LogP) is 4.24. The fourth-order valence-corrected chi connectivity index (χ4v) is 3.42. The Morgan fingerprint density at radius 2 is 1.59 bits per heavy atom. The van der Waals surface area contributed by atoms with E-state index < -0.39 is 5.60 Å². The van der Waals surface area contributed by atoms with Crippen LogP contribution in [-0.4, -0.2) is 17.7 Å². The SMILES string of the molecule is CC(C)(C)c1ccc([C@@](C)(O)[C@@H]2CCCN2)c(C(C)(C)C)c1. The van der Waals surface area contributed by atoms with Gasteiger partial charge >= 0.3 is 0 Å². The number of rotatable bonds is 2. The Balaban J connectivity index is 2.55. The zero-order valence-corrected chi connectivity index (χ0v) is 15.4. The summed E-state index contributed by atoms with van der Waals surface area (Å²) in [5.74, 6) is 0. The third-order valence-electron chi connectivity index (χ3n) is 4.98. The summed E-state index contributed by atoms with van der Waals surface area (Å²) >= 11 is 0. The molecule has 0 aliphatic carbocycles. The van der Waals surface area contributed by atoms with Crippen molar-refractivity contribution in [1.82, 2.24) is 5.32 Å². The molecule has 0 amide bonds. The maximum Gasteiger partial charge on any atom is 0.102 e. The van der Waals surface area contributed by atoms with E-state index in [4.69, 9.17) is 0 Å². The lowest BCUT2D eigenvalue weighted by molar-refractivity contribution is 0.0202. The monoisotopic (exact) mass is 303 g/mol. The van der Waals surface area contributed by atoms with E-state index >= 15 is 0 Å². The quantitative estimate of drug-likeness (QED) is 0.856. The maximum atomic E-state index is 11.3. The lowest BCUT2D eigenvalue weighted by Crippen LogP contribution is -2.44. The smallest absolute Gasteiger partial charge is 0.102 e. The van der Waals surface area contributed by atoms with E-state index in [0.717, 1.165) is 24.9 Å². The second kappa shape index (κ2) is 5.65. The van der Waals surface area contributed by atoms with Crippen LogP contribution >= 0.6 is 0 Å². The van der Waals surface area contributed by atoms with E-state index in [-0.39, 0.29) is 16.9 Å². The van der Waals surface area contributed by atoms with Crippen molar-refractivity contribution in [3.05, 3.63) is 34.9 Å². The van der Waals surface area contributed by atoms with E-state index in [2.05, 4.69) is 65.1 Å². The molecule has 2 heteroatoms. The Morgan fingerprint density at radius 3 is 2.05 bits per heavy atom. The highest BCUT2D eigenvalue weighted by Gasteiger charge is 2.39. The Hall–Kier alpha value is -0.860. The van der Waals surface area contributed by atoms with Gasteiger partial charge in [-0.1, -0.05) is 59.7 Å². The molecular weight excluding hydrogens is 270 g/mol. The molecule has 2 nitrogen and oxygen atoms in total. The average Bonchev–Trinajstić information content (AvgIpc) is 2.90. The Kier molecular flexibility index (Phi) is 4.49. The molecule has 1 aliphatic heterocycles. The van der Waals surface area contributed by atoms with Crippen LogP contribution in [0.4, 0.5) is 0 Å². The molecule has 1 aliphatic rings. The summed E-state index contributed by atoms with van der Waals surface area (Å²) in [6.45, 7) is 16.4. The maximum absolute atomic E-state index is 11.3. The highest BCUT2D eigenvalue weighted by Crippen LogP contribution is 2.39. The molecule has 0 saturated carbocycles. The third-order valence-corrected chi connectivity index (χ3v) is 4.98. The molecule has 1 aromatic rings. The van der Waals surface area contributed by atoms with Crippen LogP contribution in [0.3, 0.4) is 0 Å². The number of benzene rings is 1. The van der Waals surface area contributed by atoms with Crippen molar-refractivity contribution < 1.29 is 5.11 Å². The zero-order chi connectivity index (χ0) is 16.8. The highest BCUT2D eigenvalue weighted by molar-refractivity contribution is 5.43. The van der Waals surface area contributed by atoms with Gasteiger partial charge in [0.15, 0.2) is 0 Å². The average molecular weight is 303 g/mol. The van der Waals surface area contributed by atoms with Crippen LogP contribution in [0.15, 0.2) is 18.2 Å². The van der Waals surface area contributed by atoms with Crippen molar-refractivity contribution in [3.8, 4) is 0 Å². The molecule has 1 heterocycles. The second-order valence-electron chi connectivity index (χ2n) is 9.06. The molecule has 2 atom stereocenters. The van der Waals surface area contributed by atoms with Gasteiger partial charge in [0.25, 0.3) is 0 Å². The molecule has 1 fully saturated rings. The first kappa shape index (κ1) is 17.5. The number of nitrogens with one attached hydrogen (secondary N) is 1. The summed E-state index contributed by atoms with van der Waals surface area (Å²) in [5.41, 5.74) is 2.98. The predicted molar refractivity (Wildman–Crippen MR) is 94.4 cm³/mol. The minimum absolute atomic E-state index is 0.0131. The van der Waals surface area contributed by atoms with Crippen molar-refractivity contribution in [2.75, 3.05) is 6.54 Å². The zero-order valence-electron chi connectivity index (χ0n) is 15.4. The Bertz CT molecular complexity index is 526. The van der Waals surface area contributed by atoms with Crippen LogP contribution in [0.1, 0.15) is 78.0 Å². The minimum Gasteiger partial charge on any atom is -0.384 e. The molecule has 1 saturated heterocycles. The molecule has 124 valence electrons. The van der Waals surface area contributed by atoms with Gasteiger partial charge in [-0.25, -0.2) is 0 Å². The first-order valence-electron chi connectivity index (χ1n) is 8.55. The van der Waals surface area contributed by atoms with Crippen LogP contribution in [0, 0.1) is 0 Å². The fourth-order valence-electron chi connectivity index (χ4n) is 3.42. The molecule has 1 aromatic carbocycles. The standard InChI is InChI=1S/C20H33NO/c1-18(2,3)14-10-11-15(16(13-14)19(4,5)6)20(7,22)17-9-8-12-21-17/h10-11,13,17,21-22H,8-9,12H2,1-7H3/t17-,20+/m0/s1. The van der Waals surface area contributed by atoms with Crippen LogP contribution in [0.25, 0.3) is 0 Å². The van der Waals surface area contributed by atoms with Crippen molar-refractivity contribution >= 4 is 0 Å². The van der Waals surface area contributed by atoms with E-state index in [1.165, 1.54) is 11.1 Å². The number of hydrogen-bond acceptors (Lipinski definition) is 2. The molecule has 0 spiro atoms. The first-order chi connectivity index (χ1) is 9.94. The first-order valence-corrected chi connectivity index (χ1v) is 8.55. The molecule has 22 heavy (non-hydrogen) atoms. The summed E-state index contributed by atoms with van der Waals surface area (Å²) in [6, 6.07) is 6.79. The van der Waals surface area contributed by atoms with Crippen molar-refractivity contribution in [2.45, 2.75) is 83.8 Å². The van der Waals surface area contributed by atoms with E-state index in [1.54, 1.807) is 0 Å². The Labute approximate surface area is 136 Å². The van der Waals surface area contributed by atoms with Gasteiger partial charge in [-0.3, -0.25) is 0 Å². The van der Waals surface area contributed by atoms with E-state index in [9.17, 15) is 5.11 Å². The lowest BCUT2D eigenvalue weighted by atomic mass is 9.73. The topological polar surface area (TPSA) is 32.3 Å². The van der Waals surface area contributed by atoms with Gasteiger partial charge in [-0.15, -0.1) is 0 Å². The third kappa shape index (κ3) is 3.38. The summed E-state index contributed by atoms with van der Waals surface area (Å²) in [4.78, 5) is 0. The molecule has 0 radical (unpaired) electrons. The summed E-state index contributed by atoms with van der Waals surface area (Å²) < 4.78 is 0. The van der Waals surface area contributed by atoms with Crippen LogP contribution in [0.5, 0.6) is 0 Å². The van der Waals surface area contributed by atoms with Crippen molar-refractivity contribution in [1.29, 1.82) is 0 Å². The highest BCUT2D eigenvalue weighted by atomic mass is 16.3. The molecule has 2 N–H and O–H groups in total. The molecular formula is C20H33NO. The molecule has 0 unspecified atom stereocenters. The summed E-state index contributed by atoms with van der Waals surface area (Å²) in [6.07, 6.45) is 2.18. The normalized spacial score (nSPS) is 22.6. The van der Waals surface area contributed by atoms with Gasteiger partial charge in [-0.05, 0) is 53.8 Å². The molecule has 0 aromatic heterocycles. The van der Waals surface area contributed by atoms with Gasteiger partial charge in [0.05, 0.1) is 0 Å². The summed E-state index contributed by atoms with van der Waals surface area (Å²) in [5, 5.41) is 14.7. The van der Waals surface area contributed by atoms with Gasteiger partial charge in [0.2, 0.25) is 0 Å². The second-order valence-corrected chi connectivity index (χ2v) is 9.06. The minimum atomic E-state index is -0.824. The summed E-state index contributed by atoms with van der Waals surface area (Å²) in [7, 11) is 0. The van der Waals surface area contributed by atoms with E-state index in [0.29, 0.717) is 0 Å². The van der Waals surface area contributed by atoms with Gasteiger partial charge in [0, 0.05) is 6.04 Å². The fraction of sp³-hybridized carbons (Fsp3) is 0.700. The largest absolute Gasteiger partial charge is 0.384 e. The van der Waals surface area contributed by atoms with Gasteiger partial charge in [-0.2, -0.15) is 0 Å².